The maximum absolute atomic E-state index is 13.0. The average molecular weight is 474 g/mol. The summed E-state index contributed by atoms with van der Waals surface area (Å²) in [4.78, 5) is 30.9. The maximum atomic E-state index is 13.0. The smallest absolute Gasteiger partial charge is 0.233 e. The third-order valence-electron chi connectivity index (χ3n) is 5.42. The van der Waals surface area contributed by atoms with E-state index in [1.54, 1.807) is 15.9 Å². The zero-order chi connectivity index (χ0) is 21.3. The van der Waals surface area contributed by atoms with Crippen molar-refractivity contribution in [1.82, 2.24) is 15.1 Å². The summed E-state index contributed by atoms with van der Waals surface area (Å²) in [5.41, 5.74) is 0.812. The first-order valence-electron chi connectivity index (χ1n) is 9.93. The number of ether oxygens (including phenoxy) is 1. The molecule has 158 valence electrons. The van der Waals surface area contributed by atoms with Gasteiger partial charge in [0.25, 0.3) is 0 Å². The summed E-state index contributed by atoms with van der Waals surface area (Å²) in [6, 6.07) is 11.2. The minimum atomic E-state index is -0.325. The lowest BCUT2D eigenvalue weighted by Gasteiger charge is -2.21. The molecule has 0 N–H and O–H groups in total. The Kier molecular flexibility index (Phi) is 5.90. The van der Waals surface area contributed by atoms with E-state index >= 15 is 0 Å². The lowest BCUT2D eigenvalue weighted by molar-refractivity contribution is -0.135. The second-order valence-corrected chi connectivity index (χ2v) is 8.74. The molecule has 0 bridgehead atoms. The van der Waals surface area contributed by atoms with Crippen LogP contribution < -0.4 is 14.5 Å². The lowest BCUT2D eigenvalue weighted by atomic mass is 10.1. The molecule has 2 aromatic rings. The van der Waals surface area contributed by atoms with Gasteiger partial charge >= 0.3 is 0 Å². The molecule has 0 aliphatic carbocycles. The van der Waals surface area contributed by atoms with Gasteiger partial charge in [-0.3, -0.25) is 9.59 Å². The molecular formula is C21H24BrN5O3. The van der Waals surface area contributed by atoms with Gasteiger partial charge in [-0.1, -0.05) is 22.0 Å². The van der Waals surface area contributed by atoms with Crippen LogP contribution in [0, 0.1) is 5.92 Å². The number of hydrogen-bond acceptors (Lipinski definition) is 6. The Labute approximate surface area is 183 Å². The minimum Gasteiger partial charge on any atom is -0.471 e. The predicted molar refractivity (Wildman–Crippen MR) is 117 cm³/mol. The fourth-order valence-corrected chi connectivity index (χ4v) is 4.22. The molecule has 2 fully saturated rings. The minimum absolute atomic E-state index is 0.0148. The van der Waals surface area contributed by atoms with E-state index in [1.165, 1.54) is 0 Å². The molecule has 4 rings (SSSR count). The molecular weight excluding hydrogens is 450 g/mol. The quantitative estimate of drug-likeness (QED) is 0.662. The van der Waals surface area contributed by atoms with E-state index in [1.807, 2.05) is 49.3 Å². The summed E-state index contributed by atoms with van der Waals surface area (Å²) < 4.78 is 6.82. The molecule has 0 spiro atoms. The lowest BCUT2D eigenvalue weighted by Crippen LogP contribution is -2.37. The Bertz CT molecular complexity index is 936. The molecule has 1 aromatic carbocycles. The fraction of sp³-hybridized carbons (Fsp3) is 0.429. The molecule has 2 atom stereocenters. The highest BCUT2D eigenvalue weighted by molar-refractivity contribution is 9.10. The van der Waals surface area contributed by atoms with E-state index in [9.17, 15) is 9.59 Å². The monoisotopic (exact) mass is 473 g/mol. The number of carbonyl (C=O) groups is 2. The van der Waals surface area contributed by atoms with Crippen molar-refractivity contribution in [3.05, 3.63) is 40.9 Å². The Hall–Kier alpha value is -2.68. The summed E-state index contributed by atoms with van der Waals surface area (Å²) in [5, 5.41) is 8.21. The number of carbonyl (C=O) groups excluding carboxylic acids is 2. The van der Waals surface area contributed by atoms with Gasteiger partial charge in [-0.15, -0.1) is 10.2 Å². The predicted octanol–water partition coefficient (Wildman–Crippen LogP) is 2.34. The van der Waals surface area contributed by atoms with Crippen LogP contribution in [-0.4, -0.2) is 66.7 Å². The van der Waals surface area contributed by atoms with Crippen LogP contribution in [-0.2, 0) is 9.59 Å². The van der Waals surface area contributed by atoms with E-state index in [4.69, 9.17) is 4.74 Å². The molecule has 1 aromatic heterocycles. The molecule has 8 nitrogen and oxygen atoms in total. The summed E-state index contributed by atoms with van der Waals surface area (Å²) in [6.07, 6.45) is 0.857. The average Bonchev–Trinajstić information content (AvgIpc) is 3.34. The summed E-state index contributed by atoms with van der Waals surface area (Å²) in [7, 11) is 3.80. The molecule has 9 heteroatoms. The molecule has 2 aliphatic rings. The first-order valence-corrected chi connectivity index (χ1v) is 10.7. The number of anilines is 2. The molecule has 0 radical (unpaired) electrons. The van der Waals surface area contributed by atoms with E-state index in [2.05, 4.69) is 26.1 Å². The Morgan fingerprint density at radius 3 is 2.73 bits per heavy atom. The van der Waals surface area contributed by atoms with Crippen LogP contribution in [0.15, 0.2) is 40.9 Å². The number of nitrogens with zero attached hydrogens (tertiary/aromatic N) is 5. The van der Waals surface area contributed by atoms with Crippen LogP contribution in [0.25, 0.3) is 0 Å². The van der Waals surface area contributed by atoms with Gasteiger partial charge in [-0.05, 0) is 24.3 Å². The normalized spacial score (nSPS) is 21.2. The van der Waals surface area contributed by atoms with Crippen molar-refractivity contribution in [2.24, 2.45) is 5.92 Å². The third-order valence-corrected chi connectivity index (χ3v) is 5.92. The zero-order valence-corrected chi connectivity index (χ0v) is 18.6. The van der Waals surface area contributed by atoms with Crippen LogP contribution in [0.4, 0.5) is 11.5 Å². The molecule has 2 aliphatic heterocycles. The van der Waals surface area contributed by atoms with Crippen LogP contribution in [0.5, 0.6) is 5.88 Å². The van der Waals surface area contributed by atoms with Crippen molar-refractivity contribution < 1.29 is 14.3 Å². The highest BCUT2D eigenvalue weighted by atomic mass is 79.9. The van der Waals surface area contributed by atoms with Gasteiger partial charge in [-0.25, -0.2) is 0 Å². The van der Waals surface area contributed by atoms with Crippen LogP contribution in [0.1, 0.15) is 12.8 Å². The number of aromatic nitrogens is 2. The molecule has 2 amide bonds. The van der Waals surface area contributed by atoms with Crippen molar-refractivity contribution in [3.8, 4) is 5.88 Å². The number of halogens is 1. The van der Waals surface area contributed by atoms with E-state index in [0.717, 1.165) is 22.4 Å². The number of amides is 2. The topological polar surface area (TPSA) is 78.9 Å². The summed E-state index contributed by atoms with van der Waals surface area (Å²) in [6.45, 7) is 1.53. The Balaban J connectivity index is 1.34. The molecule has 2 unspecified atom stereocenters. The maximum Gasteiger partial charge on any atom is 0.233 e. The molecule has 30 heavy (non-hydrogen) atoms. The highest BCUT2D eigenvalue weighted by Gasteiger charge is 2.39. The fourth-order valence-electron chi connectivity index (χ4n) is 3.83. The number of benzene rings is 1. The molecule has 2 saturated heterocycles. The summed E-state index contributed by atoms with van der Waals surface area (Å²) in [5.74, 6) is 0.883. The van der Waals surface area contributed by atoms with E-state index in [-0.39, 0.29) is 30.3 Å². The first-order chi connectivity index (χ1) is 14.4. The summed E-state index contributed by atoms with van der Waals surface area (Å²) >= 11 is 3.43. The second-order valence-electron chi connectivity index (χ2n) is 7.82. The van der Waals surface area contributed by atoms with Crippen molar-refractivity contribution in [2.75, 3.05) is 43.5 Å². The largest absolute Gasteiger partial charge is 0.471 e. The third kappa shape index (κ3) is 4.40. The van der Waals surface area contributed by atoms with Crippen molar-refractivity contribution >= 4 is 39.2 Å². The SMILES string of the molecule is CN(C)c1ccc(OC2CCN(C(=O)C3CC(=O)N(c4cccc(Br)c4)C3)C2)nn1. The zero-order valence-electron chi connectivity index (χ0n) is 17.0. The van der Waals surface area contributed by atoms with Gasteiger partial charge in [0.1, 0.15) is 6.10 Å². The number of hydrogen-bond donors (Lipinski definition) is 0. The van der Waals surface area contributed by atoms with E-state index < -0.39 is 0 Å². The standard InChI is InChI=1S/C21H24BrN5O3/c1-25(2)18-6-7-19(24-23-18)30-17-8-9-26(13-17)21(29)14-10-20(28)27(12-14)16-5-3-4-15(22)11-16/h3-7,11,14,17H,8-10,12-13H2,1-2H3. The van der Waals surface area contributed by atoms with Gasteiger partial charge in [0, 0.05) is 56.3 Å². The second kappa shape index (κ2) is 8.59. The van der Waals surface area contributed by atoms with Crippen LogP contribution in [0.3, 0.4) is 0 Å². The van der Waals surface area contributed by atoms with Crippen LogP contribution >= 0.6 is 15.9 Å². The number of rotatable bonds is 5. The number of likely N-dealkylation sites (tertiary alicyclic amines) is 1. The van der Waals surface area contributed by atoms with Gasteiger partial charge in [-0.2, -0.15) is 0 Å². The van der Waals surface area contributed by atoms with Crippen LogP contribution in [0.2, 0.25) is 0 Å². The molecule has 0 saturated carbocycles. The Morgan fingerprint density at radius 2 is 2.03 bits per heavy atom. The highest BCUT2D eigenvalue weighted by Crippen LogP contribution is 2.29. The van der Waals surface area contributed by atoms with Crippen molar-refractivity contribution in [2.45, 2.75) is 18.9 Å². The van der Waals surface area contributed by atoms with Gasteiger partial charge in [0.2, 0.25) is 17.7 Å². The van der Waals surface area contributed by atoms with Crippen molar-refractivity contribution in [3.63, 3.8) is 0 Å². The van der Waals surface area contributed by atoms with Gasteiger partial charge < -0.3 is 19.4 Å². The first kappa shape index (κ1) is 20.6. The molecule has 3 heterocycles. The Morgan fingerprint density at radius 1 is 1.20 bits per heavy atom. The van der Waals surface area contributed by atoms with Crippen molar-refractivity contribution in [1.29, 1.82) is 0 Å². The van der Waals surface area contributed by atoms with E-state index in [0.29, 0.717) is 25.5 Å². The van der Waals surface area contributed by atoms with Gasteiger partial charge in [0.15, 0.2) is 5.82 Å². The van der Waals surface area contributed by atoms with Gasteiger partial charge in [0.05, 0.1) is 12.5 Å².